The number of hydrogen-bond acceptors (Lipinski definition) is 3. The average molecular weight is 267 g/mol. The third-order valence-electron chi connectivity index (χ3n) is 5.01. The second-order valence-electron chi connectivity index (χ2n) is 6.43. The van der Waals surface area contributed by atoms with Gasteiger partial charge < -0.3 is 15.1 Å². The van der Waals surface area contributed by atoms with Crippen LogP contribution in [-0.4, -0.2) is 61.7 Å². The zero-order chi connectivity index (χ0) is 13.5. The van der Waals surface area contributed by atoms with E-state index in [2.05, 4.69) is 29.0 Å². The summed E-state index contributed by atoms with van der Waals surface area (Å²) in [6.07, 6.45) is 6.99. The topological polar surface area (TPSA) is 18.5 Å². The SMILES string of the molecule is CCNC(C)C1CCN(CCCN2CCCC2)CC1. The highest BCUT2D eigenvalue weighted by molar-refractivity contribution is 4.79. The third kappa shape index (κ3) is 5.05. The van der Waals surface area contributed by atoms with Gasteiger partial charge in [-0.2, -0.15) is 0 Å². The summed E-state index contributed by atoms with van der Waals surface area (Å²) in [6, 6.07) is 0.705. The van der Waals surface area contributed by atoms with Gasteiger partial charge in [0.05, 0.1) is 0 Å². The lowest BCUT2D eigenvalue weighted by atomic mass is 9.90. The fourth-order valence-electron chi connectivity index (χ4n) is 3.69. The average Bonchev–Trinajstić information content (AvgIpc) is 2.93. The van der Waals surface area contributed by atoms with Crippen LogP contribution in [0.25, 0.3) is 0 Å². The summed E-state index contributed by atoms with van der Waals surface area (Å²) < 4.78 is 0. The Morgan fingerprint density at radius 1 is 1.00 bits per heavy atom. The Hall–Kier alpha value is -0.120. The maximum atomic E-state index is 3.59. The van der Waals surface area contributed by atoms with Gasteiger partial charge in [0.25, 0.3) is 0 Å². The minimum atomic E-state index is 0.705. The Balaban J connectivity index is 1.55. The summed E-state index contributed by atoms with van der Waals surface area (Å²) in [4.78, 5) is 5.32. The van der Waals surface area contributed by atoms with Crippen molar-refractivity contribution < 1.29 is 0 Å². The van der Waals surface area contributed by atoms with Gasteiger partial charge in [-0.05, 0) is 90.8 Å². The fraction of sp³-hybridized carbons (Fsp3) is 1.00. The minimum absolute atomic E-state index is 0.705. The van der Waals surface area contributed by atoms with Crippen LogP contribution in [0.1, 0.15) is 46.0 Å². The van der Waals surface area contributed by atoms with Crippen molar-refractivity contribution in [3.8, 4) is 0 Å². The van der Waals surface area contributed by atoms with Gasteiger partial charge in [0, 0.05) is 6.04 Å². The smallest absolute Gasteiger partial charge is 0.00678 e. The second kappa shape index (κ2) is 8.23. The molecular weight excluding hydrogens is 234 g/mol. The Morgan fingerprint density at radius 3 is 2.16 bits per heavy atom. The Labute approximate surface area is 119 Å². The fourth-order valence-corrected chi connectivity index (χ4v) is 3.69. The van der Waals surface area contributed by atoms with E-state index in [0.717, 1.165) is 12.5 Å². The zero-order valence-electron chi connectivity index (χ0n) is 13.0. The van der Waals surface area contributed by atoms with Crippen molar-refractivity contribution in [3.63, 3.8) is 0 Å². The lowest BCUT2D eigenvalue weighted by Gasteiger charge is -2.35. The van der Waals surface area contributed by atoms with Crippen LogP contribution in [0.15, 0.2) is 0 Å². The molecule has 2 fully saturated rings. The molecular formula is C16H33N3. The molecule has 1 unspecified atom stereocenters. The molecule has 1 N–H and O–H groups in total. The molecule has 0 amide bonds. The van der Waals surface area contributed by atoms with Gasteiger partial charge in [0.15, 0.2) is 0 Å². The summed E-state index contributed by atoms with van der Waals surface area (Å²) in [5.41, 5.74) is 0. The summed E-state index contributed by atoms with van der Waals surface area (Å²) in [5, 5.41) is 3.59. The first-order chi connectivity index (χ1) is 9.29. The predicted molar refractivity (Wildman–Crippen MR) is 82.6 cm³/mol. The Bertz CT molecular complexity index is 230. The van der Waals surface area contributed by atoms with Crippen molar-refractivity contribution >= 4 is 0 Å². The summed E-state index contributed by atoms with van der Waals surface area (Å²) in [5.74, 6) is 0.898. The summed E-state index contributed by atoms with van der Waals surface area (Å²) in [7, 11) is 0. The predicted octanol–water partition coefficient (Wildman–Crippen LogP) is 2.18. The molecule has 1 atom stereocenters. The molecule has 19 heavy (non-hydrogen) atoms. The number of rotatable bonds is 7. The molecule has 2 rings (SSSR count). The third-order valence-corrected chi connectivity index (χ3v) is 5.01. The monoisotopic (exact) mass is 267 g/mol. The molecule has 0 aliphatic carbocycles. The summed E-state index contributed by atoms with van der Waals surface area (Å²) >= 11 is 0. The van der Waals surface area contributed by atoms with E-state index in [-0.39, 0.29) is 0 Å². The molecule has 0 spiro atoms. The quantitative estimate of drug-likeness (QED) is 0.763. The highest BCUT2D eigenvalue weighted by Gasteiger charge is 2.23. The van der Waals surface area contributed by atoms with Crippen LogP contribution < -0.4 is 5.32 Å². The lowest BCUT2D eigenvalue weighted by molar-refractivity contribution is 0.156. The molecule has 0 aromatic carbocycles. The zero-order valence-corrected chi connectivity index (χ0v) is 13.0. The van der Waals surface area contributed by atoms with E-state index in [9.17, 15) is 0 Å². The highest BCUT2D eigenvalue weighted by atomic mass is 15.2. The molecule has 0 aromatic heterocycles. The van der Waals surface area contributed by atoms with Crippen LogP contribution in [0.4, 0.5) is 0 Å². The van der Waals surface area contributed by atoms with Gasteiger partial charge in [0.2, 0.25) is 0 Å². The molecule has 0 bridgehead atoms. The first-order valence-corrected chi connectivity index (χ1v) is 8.47. The van der Waals surface area contributed by atoms with Crippen LogP contribution in [0.2, 0.25) is 0 Å². The first kappa shape index (κ1) is 15.3. The molecule has 2 heterocycles. The van der Waals surface area contributed by atoms with E-state index >= 15 is 0 Å². The van der Waals surface area contributed by atoms with Gasteiger partial charge in [-0.15, -0.1) is 0 Å². The standard InChI is InChI=1S/C16H33N3/c1-3-17-15(2)16-7-13-19(14-8-16)12-6-11-18-9-4-5-10-18/h15-17H,3-14H2,1-2H3. The second-order valence-corrected chi connectivity index (χ2v) is 6.43. The lowest BCUT2D eigenvalue weighted by Crippen LogP contribution is -2.42. The van der Waals surface area contributed by atoms with Crippen LogP contribution in [0, 0.1) is 5.92 Å². The van der Waals surface area contributed by atoms with Crippen molar-refractivity contribution in [2.75, 3.05) is 45.8 Å². The number of nitrogens with one attached hydrogen (secondary N) is 1. The molecule has 2 aliphatic rings. The minimum Gasteiger partial charge on any atom is -0.314 e. The molecule has 3 nitrogen and oxygen atoms in total. The number of piperidine rings is 1. The van der Waals surface area contributed by atoms with E-state index in [1.165, 1.54) is 71.4 Å². The van der Waals surface area contributed by atoms with E-state index < -0.39 is 0 Å². The van der Waals surface area contributed by atoms with Crippen LogP contribution in [-0.2, 0) is 0 Å². The number of likely N-dealkylation sites (tertiary alicyclic amines) is 2. The molecule has 3 heteroatoms. The van der Waals surface area contributed by atoms with Crippen LogP contribution >= 0.6 is 0 Å². The van der Waals surface area contributed by atoms with Crippen LogP contribution in [0.3, 0.4) is 0 Å². The molecule has 2 saturated heterocycles. The summed E-state index contributed by atoms with van der Waals surface area (Å²) in [6.45, 7) is 13.7. The molecule has 0 aromatic rings. The Kier molecular flexibility index (Phi) is 6.62. The van der Waals surface area contributed by atoms with Crippen molar-refractivity contribution in [1.29, 1.82) is 0 Å². The normalized spacial score (nSPS) is 24.9. The number of hydrogen-bond donors (Lipinski definition) is 1. The largest absolute Gasteiger partial charge is 0.314 e. The van der Waals surface area contributed by atoms with Crippen molar-refractivity contribution in [2.24, 2.45) is 5.92 Å². The first-order valence-electron chi connectivity index (χ1n) is 8.47. The van der Waals surface area contributed by atoms with Crippen molar-refractivity contribution in [2.45, 2.75) is 52.0 Å². The van der Waals surface area contributed by atoms with E-state index in [1.807, 2.05) is 0 Å². The van der Waals surface area contributed by atoms with E-state index in [0.29, 0.717) is 6.04 Å². The van der Waals surface area contributed by atoms with Gasteiger partial charge in [-0.25, -0.2) is 0 Å². The Morgan fingerprint density at radius 2 is 1.58 bits per heavy atom. The van der Waals surface area contributed by atoms with Crippen molar-refractivity contribution in [3.05, 3.63) is 0 Å². The maximum absolute atomic E-state index is 3.59. The molecule has 112 valence electrons. The number of nitrogens with zero attached hydrogens (tertiary/aromatic N) is 2. The van der Waals surface area contributed by atoms with Gasteiger partial charge in [-0.3, -0.25) is 0 Å². The van der Waals surface area contributed by atoms with Gasteiger partial charge >= 0.3 is 0 Å². The highest BCUT2D eigenvalue weighted by Crippen LogP contribution is 2.20. The van der Waals surface area contributed by atoms with Gasteiger partial charge in [0.1, 0.15) is 0 Å². The molecule has 0 saturated carbocycles. The maximum Gasteiger partial charge on any atom is 0.00678 e. The molecule has 2 aliphatic heterocycles. The van der Waals surface area contributed by atoms with E-state index in [4.69, 9.17) is 0 Å². The van der Waals surface area contributed by atoms with Gasteiger partial charge in [-0.1, -0.05) is 6.92 Å². The molecule has 0 radical (unpaired) electrons. The van der Waals surface area contributed by atoms with Crippen LogP contribution in [0.5, 0.6) is 0 Å². The van der Waals surface area contributed by atoms with E-state index in [1.54, 1.807) is 0 Å². The van der Waals surface area contributed by atoms with Crippen molar-refractivity contribution in [1.82, 2.24) is 15.1 Å².